The van der Waals surface area contributed by atoms with E-state index in [0.717, 1.165) is 33.2 Å². The number of carbonyl (C=O) groups is 1. The van der Waals surface area contributed by atoms with E-state index < -0.39 is 11.9 Å². The van der Waals surface area contributed by atoms with Gasteiger partial charge >= 0.3 is 6.18 Å². The minimum absolute atomic E-state index is 0.0405. The number of para-hydroxylation sites is 1. The molecule has 0 fully saturated rings. The molecule has 0 aliphatic carbocycles. The normalized spacial score (nSPS) is 11.8. The summed E-state index contributed by atoms with van der Waals surface area (Å²) in [5.41, 5.74) is 0.984. The maximum absolute atomic E-state index is 12.4. The molecule has 0 saturated heterocycles. The quantitative estimate of drug-likeness (QED) is 0.748. The molecule has 120 valence electrons. The van der Waals surface area contributed by atoms with E-state index in [1.807, 2.05) is 30.5 Å². The molecule has 0 bridgehead atoms. The Morgan fingerprint density at radius 3 is 2.83 bits per heavy atom. The molecule has 1 amide bonds. The number of H-pyrrole nitrogens is 1. The van der Waals surface area contributed by atoms with Crippen molar-refractivity contribution in [2.45, 2.75) is 19.0 Å². The maximum Gasteiger partial charge on any atom is 0.434 e. The van der Waals surface area contributed by atoms with Crippen LogP contribution in [0.5, 0.6) is 0 Å². The van der Waals surface area contributed by atoms with Crippen LogP contribution in [0.1, 0.15) is 17.7 Å². The highest BCUT2D eigenvalue weighted by molar-refractivity contribution is 7.13. The van der Waals surface area contributed by atoms with Crippen LogP contribution in [-0.2, 0) is 17.4 Å². The first-order valence-electron chi connectivity index (χ1n) is 6.81. The zero-order valence-electron chi connectivity index (χ0n) is 11.8. The number of amides is 1. The van der Waals surface area contributed by atoms with Gasteiger partial charge in [-0.3, -0.25) is 4.79 Å². The van der Waals surface area contributed by atoms with Gasteiger partial charge in [-0.25, -0.2) is 4.98 Å². The van der Waals surface area contributed by atoms with E-state index in [4.69, 9.17) is 0 Å². The Morgan fingerprint density at radius 1 is 1.30 bits per heavy atom. The summed E-state index contributed by atoms with van der Waals surface area (Å²) < 4.78 is 37.3. The summed E-state index contributed by atoms with van der Waals surface area (Å²) in [7, 11) is 0. The number of aromatic nitrogens is 2. The number of aryl methyl sites for hydroxylation is 1. The van der Waals surface area contributed by atoms with Crippen molar-refractivity contribution in [3.8, 4) is 0 Å². The molecule has 2 heterocycles. The highest BCUT2D eigenvalue weighted by Crippen LogP contribution is 2.31. The lowest BCUT2D eigenvalue weighted by molar-refractivity contribution is -0.140. The molecule has 1 aromatic carbocycles. The summed E-state index contributed by atoms with van der Waals surface area (Å²) in [5, 5.41) is 4.28. The summed E-state index contributed by atoms with van der Waals surface area (Å²) in [6.07, 6.45) is -2.00. The monoisotopic (exact) mass is 339 g/mol. The van der Waals surface area contributed by atoms with E-state index in [2.05, 4.69) is 15.3 Å². The zero-order chi connectivity index (χ0) is 16.4. The Kier molecular flexibility index (Phi) is 4.08. The van der Waals surface area contributed by atoms with Gasteiger partial charge in [-0.1, -0.05) is 18.2 Å². The Hall–Kier alpha value is -2.35. The minimum Gasteiger partial charge on any atom is -0.361 e. The second kappa shape index (κ2) is 6.04. The van der Waals surface area contributed by atoms with Crippen LogP contribution in [0, 0.1) is 0 Å². The summed E-state index contributed by atoms with van der Waals surface area (Å²) in [4.78, 5) is 18.4. The second-order valence-corrected chi connectivity index (χ2v) is 5.80. The third-order valence-electron chi connectivity index (χ3n) is 3.34. The number of alkyl halides is 3. The largest absolute Gasteiger partial charge is 0.434 e. The van der Waals surface area contributed by atoms with Gasteiger partial charge in [-0.15, -0.1) is 11.3 Å². The van der Waals surface area contributed by atoms with Crippen LogP contribution in [0.4, 0.5) is 18.3 Å². The first kappa shape index (κ1) is 15.5. The van der Waals surface area contributed by atoms with Crippen LogP contribution in [-0.4, -0.2) is 15.9 Å². The van der Waals surface area contributed by atoms with Crippen LogP contribution >= 0.6 is 11.3 Å². The third-order valence-corrected chi connectivity index (χ3v) is 4.10. The van der Waals surface area contributed by atoms with Gasteiger partial charge in [-0.2, -0.15) is 13.2 Å². The van der Waals surface area contributed by atoms with E-state index in [-0.39, 0.29) is 17.5 Å². The number of nitrogens with zero attached hydrogens (tertiary/aromatic N) is 1. The molecule has 2 N–H and O–H groups in total. The molecule has 0 aliphatic rings. The first-order valence-corrected chi connectivity index (χ1v) is 7.69. The average Bonchev–Trinajstić information content (AvgIpc) is 3.11. The third kappa shape index (κ3) is 3.53. The number of anilines is 1. The number of hydrogen-bond acceptors (Lipinski definition) is 3. The number of halogens is 3. The summed E-state index contributed by atoms with van der Waals surface area (Å²) in [6, 6.07) is 7.71. The van der Waals surface area contributed by atoms with Crippen LogP contribution < -0.4 is 5.32 Å². The van der Waals surface area contributed by atoms with E-state index in [0.29, 0.717) is 6.42 Å². The molecule has 8 heteroatoms. The van der Waals surface area contributed by atoms with Gasteiger partial charge in [0.2, 0.25) is 5.91 Å². The van der Waals surface area contributed by atoms with Gasteiger partial charge in [-0.05, 0) is 18.1 Å². The Bertz CT molecular complexity index is 838. The molecule has 0 saturated carbocycles. The van der Waals surface area contributed by atoms with Gasteiger partial charge in [0.05, 0.1) is 0 Å². The molecule has 0 aliphatic heterocycles. The molecule has 4 nitrogen and oxygen atoms in total. The maximum atomic E-state index is 12.4. The van der Waals surface area contributed by atoms with E-state index in [1.165, 1.54) is 0 Å². The van der Waals surface area contributed by atoms with Crippen molar-refractivity contribution in [3.05, 3.63) is 47.1 Å². The standard InChI is InChI=1S/C15H12F3N3OS/c16-15(17,18)12-8-23-14(20-12)21-13(22)6-5-9-7-19-11-4-2-1-3-10(9)11/h1-4,7-8,19H,5-6H2,(H,20,21,22). The summed E-state index contributed by atoms with van der Waals surface area (Å²) in [5.74, 6) is -0.363. The smallest absolute Gasteiger partial charge is 0.361 e. The fourth-order valence-electron chi connectivity index (χ4n) is 2.23. The molecule has 23 heavy (non-hydrogen) atoms. The number of rotatable bonds is 4. The van der Waals surface area contributed by atoms with E-state index in [9.17, 15) is 18.0 Å². The van der Waals surface area contributed by atoms with E-state index in [1.54, 1.807) is 0 Å². The van der Waals surface area contributed by atoms with Gasteiger partial charge in [0.1, 0.15) is 0 Å². The number of thiazole rings is 1. The van der Waals surface area contributed by atoms with Crippen LogP contribution in [0.15, 0.2) is 35.8 Å². The molecular weight excluding hydrogens is 327 g/mol. The molecule has 0 radical (unpaired) electrons. The highest BCUT2D eigenvalue weighted by Gasteiger charge is 2.33. The van der Waals surface area contributed by atoms with Crippen LogP contribution in [0.2, 0.25) is 0 Å². The number of carbonyl (C=O) groups excluding carboxylic acids is 1. The fraction of sp³-hybridized carbons (Fsp3) is 0.200. The lowest BCUT2D eigenvalue weighted by Crippen LogP contribution is -2.13. The van der Waals surface area contributed by atoms with Gasteiger partial charge in [0, 0.05) is 28.9 Å². The molecule has 2 aromatic heterocycles. The topological polar surface area (TPSA) is 57.8 Å². The zero-order valence-corrected chi connectivity index (χ0v) is 12.6. The molecule has 0 spiro atoms. The van der Waals surface area contributed by atoms with Crippen molar-refractivity contribution in [1.29, 1.82) is 0 Å². The number of aromatic amines is 1. The fourth-order valence-corrected chi connectivity index (χ4v) is 2.96. The van der Waals surface area contributed by atoms with Crippen LogP contribution in [0.25, 0.3) is 10.9 Å². The second-order valence-electron chi connectivity index (χ2n) is 4.94. The molecular formula is C15H12F3N3OS. The SMILES string of the molecule is O=C(CCc1c[nH]c2ccccc12)Nc1nc(C(F)(F)F)cs1. The van der Waals surface area contributed by atoms with Gasteiger partial charge in [0.15, 0.2) is 10.8 Å². The molecule has 0 unspecified atom stereocenters. The van der Waals surface area contributed by atoms with Gasteiger partial charge in [0.25, 0.3) is 0 Å². The van der Waals surface area contributed by atoms with Crippen molar-refractivity contribution in [1.82, 2.24) is 9.97 Å². The predicted molar refractivity (Wildman–Crippen MR) is 82.4 cm³/mol. The number of benzene rings is 1. The minimum atomic E-state index is -4.50. The predicted octanol–water partition coefficient (Wildman–Crippen LogP) is 4.21. The summed E-state index contributed by atoms with van der Waals surface area (Å²) in [6.45, 7) is 0. The van der Waals surface area contributed by atoms with Crippen molar-refractivity contribution in [2.24, 2.45) is 0 Å². The van der Waals surface area contributed by atoms with Crippen molar-refractivity contribution >= 4 is 33.3 Å². The molecule has 0 atom stereocenters. The van der Waals surface area contributed by atoms with Gasteiger partial charge < -0.3 is 10.3 Å². The van der Waals surface area contributed by atoms with E-state index >= 15 is 0 Å². The lowest BCUT2D eigenvalue weighted by Gasteiger charge is -2.02. The summed E-state index contributed by atoms with van der Waals surface area (Å²) >= 11 is 0.761. The Labute approximate surface area is 133 Å². The van der Waals surface area contributed by atoms with Crippen molar-refractivity contribution in [3.63, 3.8) is 0 Å². The molecule has 3 rings (SSSR count). The van der Waals surface area contributed by atoms with Crippen molar-refractivity contribution in [2.75, 3.05) is 5.32 Å². The highest BCUT2D eigenvalue weighted by atomic mass is 32.1. The van der Waals surface area contributed by atoms with Crippen molar-refractivity contribution < 1.29 is 18.0 Å². The molecule has 3 aromatic rings. The lowest BCUT2D eigenvalue weighted by atomic mass is 10.1. The first-order chi connectivity index (χ1) is 10.9. The van der Waals surface area contributed by atoms with Crippen LogP contribution in [0.3, 0.4) is 0 Å². The Morgan fingerprint density at radius 2 is 2.09 bits per heavy atom. The average molecular weight is 339 g/mol. The Balaban J connectivity index is 1.60. The number of fused-ring (bicyclic) bond motifs is 1. The number of hydrogen-bond donors (Lipinski definition) is 2. The number of nitrogens with one attached hydrogen (secondary N) is 2.